The molecule has 0 saturated heterocycles. The molecule has 0 fully saturated rings. The first-order valence-corrected chi connectivity index (χ1v) is 9.26. The fourth-order valence-electron chi connectivity index (χ4n) is 2.69. The van der Waals surface area contributed by atoms with Gasteiger partial charge < -0.3 is 14.2 Å². The Morgan fingerprint density at radius 3 is 2.14 bits per heavy atom. The van der Waals surface area contributed by atoms with Crippen LogP contribution in [-0.2, 0) is 23.9 Å². The van der Waals surface area contributed by atoms with Crippen LogP contribution in [0.3, 0.4) is 0 Å². The van der Waals surface area contributed by atoms with Gasteiger partial charge in [0.1, 0.15) is 12.3 Å². The summed E-state index contributed by atoms with van der Waals surface area (Å²) in [6, 6.07) is 14.2. The van der Waals surface area contributed by atoms with Crippen molar-refractivity contribution < 1.29 is 28.6 Å². The minimum Gasteiger partial charge on any atom is -0.482 e. The number of anilines is 1. The van der Waals surface area contributed by atoms with Gasteiger partial charge in [0.15, 0.2) is 13.2 Å². The van der Waals surface area contributed by atoms with Gasteiger partial charge in [0.25, 0.3) is 5.91 Å². The lowest BCUT2D eigenvalue weighted by atomic mass is 10.1. The summed E-state index contributed by atoms with van der Waals surface area (Å²) in [6.07, 6.45) is 0. The van der Waals surface area contributed by atoms with E-state index in [2.05, 4.69) is 0 Å². The Labute approximate surface area is 170 Å². The van der Waals surface area contributed by atoms with E-state index in [0.29, 0.717) is 11.4 Å². The summed E-state index contributed by atoms with van der Waals surface area (Å²) in [5.74, 6) is -1.21. The molecule has 1 amide bonds. The number of rotatable bonds is 9. The molecule has 154 valence electrons. The minimum absolute atomic E-state index is 0.209. The quantitative estimate of drug-likeness (QED) is 0.603. The molecule has 7 heteroatoms. The topological polar surface area (TPSA) is 82.1 Å². The molecule has 0 bridgehead atoms. The van der Waals surface area contributed by atoms with Crippen LogP contribution in [0.2, 0.25) is 0 Å². The summed E-state index contributed by atoms with van der Waals surface area (Å²) in [5.41, 5.74) is 2.54. The van der Waals surface area contributed by atoms with Gasteiger partial charge in [-0.1, -0.05) is 24.3 Å². The lowest BCUT2D eigenvalue weighted by molar-refractivity contribution is -0.150. The maximum atomic E-state index is 12.6. The van der Waals surface area contributed by atoms with Crippen LogP contribution in [0.5, 0.6) is 5.75 Å². The summed E-state index contributed by atoms with van der Waals surface area (Å²) < 4.78 is 15.4. The molecular formula is C22H25NO6. The van der Waals surface area contributed by atoms with Crippen LogP contribution >= 0.6 is 0 Å². The lowest BCUT2D eigenvalue weighted by Gasteiger charge is -2.21. The number of para-hydroxylation sites is 1. The number of benzene rings is 2. The molecule has 0 aromatic heterocycles. The second kappa shape index (κ2) is 10.8. The Morgan fingerprint density at radius 2 is 1.52 bits per heavy atom. The molecule has 0 spiro atoms. The lowest BCUT2D eigenvalue weighted by Crippen LogP contribution is -2.39. The number of ether oxygens (including phenoxy) is 3. The predicted octanol–water partition coefficient (Wildman–Crippen LogP) is 2.82. The Hall–Kier alpha value is -3.35. The molecule has 0 aliphatic rings. The first kappa shape index (κ1) is 21.9. The third-order valence-electron chi connectivity index (χ3n) is 3.87. The van der Waals surface area contributed by atoms with Gasteiger partial charge >= 0.3 is 11.9 Å². The molecule has 2 aromatic carbocycles. The van der Waals surface area contributed by atoms with Crippen molar-refractivity contribution in [2.24, 2.45) is 0 Å². The first-order valence-electron chi connectivity index (χ1n) is 9.26. The Bertz CT molecular complexity index is 829. The predicted molar refractivity (Wildman–Crippen MR) is 108 cm³/mol. The zero-order valence-electron chi connectivity index (χ0n) is 16.8. The molecule has 0 aliphatic heterocycles. The number of amides is 1. The van der Waals surface area contributed by atoms with E-state index in [9.17, 15) is 14.4 Å². The number of aryl methyl sites for hydroxylation is 2. The van der Waals surface area contributed by atoms with Crippen LogP contribution in [-0.4, -0.2) is 44.2 Å². The highest BCUT2D eigenvalue weighted by atomic mass is 16.6. The number of esters is 2. The van der Waals surface area contributed by atoms with Crippen LogP contribution in [0.4, 0.5) is 5.69 Å². The third kappa shape index (κ3) is 7.29. The van der Waals surface area contributed by atoms with E-state index in [1.807, 2.05) is 32.0 Å². The van der Waals surface area contributed by atoms with E-state index in [0.717, 1.165) is 11.1 Å². The highest BCUT2D eigenvalue weighted by molar-refractivity contribution is 5.99. The van der Waals surface area contributed by atoms with Gasteiger partial charge in [-0.15, -0.1) is 0 Å². The molecule has 2 rings (SSSR count). The van der Waals surface area contributed by atoms with Crippen LogP contribution < -0.4 is 9.64 Å². The maximum Gasteiger partial charge on any atom is 0.344 e. The Morgan fingerprint density at radius 1 is 0.862 bits per heavy atom. The van der Waals surface area contributed by atoms with E-state index in [1.54, 1.807) is 37.3 Å². The van der Waals surface area contributed by atoms with Gasteiger partial charge in [0.05, 0.1) is 6.61 Å². The van der Waals surface area contributed by atoms with Crippen molar-refractivity contribution in [3.63, 3.8) is 0 Å². The van der Waals surface area contributed by atoms with Crippen LogP contribution in [0.25, 0.3) is 0 Å². The van der Waals surface area contributed by atoms with Crippen LogP contribution in [0.15, 0.2) is 48.5 Å². The van der Waals surface area contributed by atoms with Crippen molar-refractivity contribution in [3.8, 4) is 5.75 Å². The van der Waals surface area contributed by atoms with E-state index in [1.165, 1.54) is 4.90 Å². The summed E-state index contributed by atoms with van der Waals surface area (Å²) in [4.78, 5) is 37.6. The van der Waals surface area contributed by atoms with Crippen molar-refractivity contribution in [2.75, 3.05) is 31.3 Å². The van der Waals surface area contributed by atoms with Crippen LogP contribution in [0, 0.1) is 13.8 Å². The summed E-state index contributed by atoms with van der Waals surface area (Å²) >= 11 is 0. The smallest absolute Gasteiger partial charge is 0.344 e. The fourth-order valence-corrected chi connectivity index (χ4v) is 2.69. The second-order valence-electron chi connectivity index (χ2n) is 6.39. The number of nitrogens with zero attached hydrogens (tertiary/aromatic N) is 1. The summed E-state index contributed by atoms with van der Waals surface area (Å²) in [6.45, 7) is 4.65. The largest absolute Gasteiger partial charge is 0.482 e. The average molecular weight is 399 g/mol. The standard InChI is InChI=1S/C22H25NO6/c1-4-27-21(25)13-23(18-8-6-5-7-9-18)20(24)14-29-22(26)15-28-19-11-16(2)10-17(3)12-19/h5-12H,4,13-15H2,1-3H3. The molecule has 0 N–H and O–H groups in total. The number of carbonyl (C=O) groups is 3. The van der Waals surface area contributed by atoms with Crippen molar-refractivity contribution in [2.45, 2.75) is 20.8 Å². The molecule has 0 atom stereocenters. The van der Waals surface area contributed by atoms with Crippen molar-refractivity contribution in [3.05, 3.63) is 59.7 Å². The van der Waals surface area contributed by atoms with Crippen molar-refractivity contribution >= 4 is 23.5 Å². The van der Waals surface area contributed by atoms with Gasteiger partial charge in [0, 0.05) is 5.69 Å². The van der Waals surface area contributed by atoms with Crippen molar-refractivity contribution in [1.82, 2.24) is 0 Å². The molecule has 0 aliphatic carbocycles. The molecule has 2 aromatic rings. The van der Waals surface area contributed by atoms with Crippen LogP contribution in [0.1, 0.15) is 18.1 Å². The van der Waals surface area contributed by atoms with E-state index in [4.69, 9.17) is 14.2 Å². The van der Waals surface area contributed by atoms with Crippen molar-refractivity contribution in [1.29, 1.82) is 0 Å². The normalized spacial score (nSPS) is 10.2. The average Bonchev–Trinajstić information content (AvgIpc) is 2.69. The van der Waals surface area contributed by atoms with Gasteiger partial charge in [-0.05, 0) is 56.2 Å². The molecule has 0 saturated carbocycles. The minimum atomic E-state index is -0.679. The van der Waals surface area contributed by atoms with Gasteiger partial charge in [-0.2, -0.15) is 0 Å². The molecule has 0 unspecified atom stereocenters. The Kier molecular flexibility index (Phi) is 8.21. The summed E-state index contributed by atoms with van der Waals surface area (Å²) in [5, 5.41) is 0. The number of hydrogen-bond donors (Lipinski definition) is 0. The number of hydrogen-bond acceptors (Lipinski definition) is 6. The first-order chi connectivity index (χ1) is 13.9. The zero-order valence-corrected chi connectivity index (χ0v) is 16.8. The highest BCUT2D eigenvalue weighted by Gasteiger charge is 2.21. The Balaban J connectivity index is 1.92. The zero-order chi connectivity index (χ0) is 21.2. The molecule has 0 radical (unpaired) electrons. The molecule has 29 heavy (non-hydrogen) atoms. The highest BCUT2D eigenvalue weighted by Crippen LogP contribution is 2.16. The van der Waals surface area contributed by atoms with E-state index >= 15 is 0 Å². The van der Waals surface area contributed by atoms with E-state index in [-0.39, 0.29) is 19.8 Å². The maximum absolute atomic E-state index is 12.6. The van der Waals surface area contributed by atoms with E-state index < -0.39 is 24.5 Å². The molecule has 7 nitrogen and oxygen atoms in total. The molecule has 0 heterocycles. The van der Waals surface area contributed by atoms with Gasteiger partial charge in [0.2, 0.25) is 0 Å². The third-order valence-corrected chi connectivity index (χ3v) is 3.87. The molecular weight excluding hydrogens is 374 g/mol. The number of carbonyl (C=O) groups excluding carboxylic acids is 3. The monoisotopic (exact) mass is 399 g/mol. The SMILES string of the molecule is CCOC(=O)CN(C(=O)COC(=O)COc1cc(C)cc(C)c1)c1ccccc1. The second-order valence-corrected chi connectivity index (χ2v) is 6.39. The van der Waals surface area contributed by atoms with Gasteiger partial charge in [-0.3, -0.25) is 14.5 Å². The summed E-state index contributed by atoms with van der Waals surface area (Å²) in [7, 11) is 0. The van der Waals surface area contributed by atoms with Gasteiger partial charge in [-0.25, -0.2) is 4.79 Å². The fraction of sp³-hybridized carbons (Fsp3) is 0.318.